The van der Waals surface area contributed by atoms with Crippen LogP contribution in [-0.4, -0.2) is 106 Å². The predicted octanol–water partition coefficient (Wildman–Crippen LogP) is 20.4. The Hall–Kier alpha value is -5.46. The molecule has 0 radical (unpaired) electrons. The van der Waals surface area contributed by atoms with Crippen LogP contribution in [0.15, 0.2) is 77.8 Å². The highest BCUT2D eigenvalue weighted by molar-refractivity contribution is 7.81. The summed E-state index contributed by atoms with van der Waals surface area (Å²) in [5.41, 5.74) is 38.8. The second kappa shape index (κ2) is 53.8. The van der Waals surface area contributed by atoms with Crippen molar-refractivity contribution in [2.24, 2.45) is 56.6 Å². The maximum atomic E-state index is 12.8. The van der Waals surface area contributed by atoms with Gasteiger partial charge in [0.05, 0.1) is 61.5 Å². The van der Waals surface area contributed by atoms with E-state index < -0.39 is 99.6 Å². The van der Waals surface area contributed by atoms with Crippen LogP contribution in [-0.2, 0) is 54.1 Å². The standard InChI is InChI=1S/3C15H17F6N3S.C9H3F6NS.3C6H14N2.C5H10O.3ClH/c3*16-14(17,18)8-5-9(15(19,20)21)7-10(6-8)23-13(25)24-12-4-2-1-3-11(12)22;10-8(11,12)5-1-6(9(13,14)15)3-7(2-5)16-4-17;3*7-5-3-1-2-4-6(5)8;1-5-3-2-4-6-5;;;/h3*5-7,11-12H,1-4,22H2,(H2,23,24,25);1-3H;3*5-6H,1-4,7-8H2;5H,2-4H2,1H3;3*1H/t3*11-,12-;;3*5-,6-;;;;/m000.000..../s1. The van der Waals surface area contributed by atoms with Gasteiger partial charge in [0.1, 0.15) is 0 Å². The molecule has 0 spiro atoms. The van der Waals surface area contributed by atoms with Crippen LogP contribution in [0.3, 0.4) is 0 Å². The van der Waals surface area contributed by atoms with Gasteiger partial charge in [-0.05, 0) is 218 Å². The number of benzene rings is 4. The van der Waals surface area contributed by atoms with Crippen molar-refractivity contribution in [1.29, 1.82) is 0 Å². The number of hydrogen-bond acceptors (Lipinski definition) is 15. The van der Waals surface area contributed by atoms with E-state index in [1.54, 1.807) is 5.16 Å². The highest BCUT2D eigenvalue weighted by Gasteiger charge is 2.42. The average molecular weight is 1970 g/mol. The van der Waals surface area contributed by atoms with E-state index in [1.165, 1.54) is 51.4 Å². The zero-order chi connectivity index (χ0) is 92.1. The van der Waals surface area contributed by atoms with Crippen molar-refractivity contribution in [1.82, 2.24) is 16.0 Å². The molecule has 7 aliphatic rings. The van der Waals surface area contributed by atoms with Crippen LogP contribution in [0.4, 0.5) is 128 Å². The summed E-state index contributed by atoms with van der Waals surface area (Å²) >= 11 is 19.1. The van der Waals surface area contributed by atoms with E-state index in [4.69, 9.17) is 93.0 Å². The fraction of sp³-hybridized carbons (Fsp3) is 0.636. The van der Waals surface area contributed by atoms with Crippen molar-refractivity contribution >= 4 is 129 Å². The van der Waals surface area contributed by atoms with E-state index in [2.05, 4.69) is 56.0 Å². The molecule has 125 heavy (non-hydrogen) atoms. The third kappa shape index (κ3) is 44.3. The van der Waals surface area contributed by atoms with Gasteiger partial charge in [0, 0.05) is 96.2 Å². The summed E-state index contributed by atoms with van der Waals surface area (Å²) in [7, 11) is 0. The Kier molecular flexibility index (Phi) is 50.6. The van der Waals surface area contributed by atoms with Crippen molar-refractivity contribution in [2.45, 2.75) is 302 Å². The molecule has 48 heteroatoms. The van der Waals surface area contributed by atoms with Gasteiger partial charge in [0.15, 0.2) is 15.3 Å². The van der Waals surface area contributed by atoms with Crippen LogP contribution in [0, 0.1) is 0 Å². The fourth-order valence-electron chi connectivity index (χ4n) is 13.5. The van der Waals surface area contributed by atoms with Gasteiger partial charge in [-0.3, -0.25) is 0 Å². The van der Waals surface area contributed by atoms with Crippen molar-refractivity contribution in [3.8, 4) is 0 Å². The molecular weight excluding hydrogens is 1860 g/mol. The number of ether oxygens (including phenoxy) is 1. The van der Waals surface area contributed by atoms with Gasteiger partial charge >= 0.3 is 49.4 Å². The summed E-state index contributed by atoms with van der Waals surface area (Å²) in [6.07, 6.45) is -11.5. The molecule has 0 amide bonds. The first-order chi connectivity index (χ1) is 56.3. The number of hydrogen-bond donors (Lipinski definition) is 15. The van der Waals surface area contributed by atoms with E-state index >= 15 is 0 Å². The second-order valence-corrected chi connectivity index (χ2v) is 31.9. The van der Waals surface area contributed by atoms with E-state index in [9.17, 15) is 105 Å². The van der Waals surface area contributed by atoms with Crippen LogP contribution >= 0.6 is 86.1 Å². The van der Waals surface area contributed by atoms with Gasteiger partial charge in [-0.1, -0.05) is 77.0 Å². The Labute approximate surface area is 749 Å². The molecule has 4 aromatic rings. The smallest absolute Gasteiger partial charge is 0.379 e. The van der Waals surface area contributed by atoms with Crippen molar-refractivity contribution in [3.05, 3.63) is 117 Å². The van der Waals surface area contributed by atoms with Crippen LogP contribution in [0.5, 0.6) is 0 Å². The molecule has 13 atom stereocenters. The van der Waals surface area contributed by atoms with Crippen molar-refractivity contribution in [2.75, 3.05) is 22.6 Å². The number of isothiocyanates is 1. The van der Waals surface area contributed by atoms with Gasteiger partial charge in [-0.25, -0.2) is 0 Å². The highest BCUT2D eigenvalue weighted by Crippen LogP contribution is 2.43. The first-order valence-electron chi connectivity index (χ1n) is 39.3. The van der Waals surface area contributed by atoms with Crippen LogP contribution in [0.2, 0.25) is 0 Å². The summed E-state index contributed by atoms with van der Waals surface area (Å²) in [5, 5.41) is 17.3. The molecule has 7 fully saturated rings. The minimum atomic E-state index is -4.90. The summed E-state index contributed by atoms with van der Waals surface area (Å²) in [6, 6.07) is 5.37. The quantitative estimate of drug-likeness (QED) is 0.0464. The van der Waals surface area contributed by atoms with Gasteiger partial charge in [0.25, 0.3) is 0 Å². The van der Waals surface area contributed by atoms with Crippen LogP contribution in [0.1, 0.15) is 218 Å². The third-order valence-electron chi connectivity index (χ3n) is 20.5. The van der Waals surface area contributed by atoms with Crippen molar-refractivity contribution in [3.63, 3.8) is 0 Å². The van der Waals surface area contributed by atoms with Gasteiger partial charge < -0.3 is 88.2 Å². The lowest BCUT2D eigenvalue weighted by Gasteiger charge is -2.30. The Morgan fingerprint density at radius 2 is 0.480 bits per heavy atom. The molecule has 716 valence electrons. The topological polar surface area (TPSA) is 328 Å². The number of nitrogens with zero attached hydrogens (tertiary/aromatic N) is 1. The Bertz CT molecular complexity index is 3470. The normalized spacial score (nSPS) is 24.0. The first-order valence-corrected chi connectivity index (χ1v) is 40.9. The maximum Gasteiger partial charge on any atom is 0.416 e. The van der Waals surface area contributed by atoms with E-state index in [0.717, 1.165) is 122 Å². The molecule has 0 bridgehead atoms. The average Bonchev–Trinajstić information content (AvgIpc) is 1.13. The van der Waals surface area contributed by atoms with Crippen LogP contribution in [0.25, 0.3) is 0 Å². The van der Waals surface area contributed by atoms with Crippen LogP contribution < -0.4 is 83.5 Å². The van der Waals surface area contributed by atoms with Gasteiger partial charge in [-0.2, -0.15) is 110 Å². The zero-order valence-electron chi connectivity index (χ0n) is 67.5. The minimum Gasteiger partial charge on any atom is -0.379 e. The lowest BCUT2D eigenvalue weighted by atomic mass is 9.91. The molecule has 1 saturated heterocycles. The summed E-state index contributed by atoms with van der Waals surface area (Å²) in [4.78, 5) is 3.12. The largest absolute Gasteiger partial charge is 0.416 e. The SMILES string of the molecule is CC1CCCO1.Cl.Cl.Cl.FC(F)(F)c1cc(N=C=S)cc(C(F)(F)F)c1.N[C@H]1CCCC[C@@H]1N.N[C@H]1CCCC[C@@H]1N.N[C@H]1CCCC[C@@H]1N.N[C@H]1CCCC[C@@H]1NC(=S)Nc1cc(C(F)(F)F)cc(C(F)(F)F)c1.N[C@H]1CCCC[C@@H]1NC(=S)Nc1cc(C(F)(F)F)cc(C(F)(F)F)c1.N[C@H]1CCCC[C@@H]1NC(=S)Nc1cc(C(F)(F)F)cc(C(F)(F)F)c1. The second-order valence-electron chi connectivity index (χ2n) is 30.5. The lowest BCUT2D eigenvalue weighted by molar-refractivity contribution is -0.144. The number of alkyl halides is 24. The molecule has 0 aromatic heterocycles. The molecule has 6 aliphatic carbocycles. The van der Waals surface area contributed by atoms with Gasteiger partial charge in [0.2, 0.25) is 0 Å². The molecule has 1 heterocycles. The molecule has 17 nitrogen and oxygen atoms in total. The first kappa shape index (κ1) is 118. The van der Waals surface area contributed by atoms with E-state index in [0.29, 0.717) is 54.6 Å². The van der Waals surface area contributed by atoms with E-state index in [-0.39, 0.29) is 166 Å². The summed E-state index contributed by atoms with van der Waals surface area (Å²) < 4.78 is 310. The number of nitrogens with one attached hydrogen (secondary N) is 6. The molecular formula is C77H109Cl3F24N16OS4. The molecule has 6 saturated carbocycles. The Morgan fingerprint density at radius 3 is 0.624 bits per heavy atom. The monoisotopic (exact) mass is 1960 g/mol. The number of anilines is 3. The van der Waals surface area contributed by atoms with Gasteiger partial charge in [-0.15, -0.1) is 37.2 Å². The number of nitrogens with two attached hydrogens (primary N) is 9. The Balaban J connectivity index is 0.000000746. The minimum absolute atomic E-state index is 0. The number of halogens is 27. The fourth-order valence-corrected chi connectivity index (χ4v) is 14.4. The summed E-state index contributed by atoms with van der Waals surface area (Å²) in [5.74, 6) is 0. The summed E-state index contributed by atoms with van der Waals surface area (Å²) in [6.45, 7) is 3.11. The molecule has 1 unspecified atom stereocenters. The predicted molar refractivity (Wildman–Crippen MR) is 459 cm³/mol. The maximum absolute atomic E-state index is 12.8. The molecule has 24 N–H and O–H groups in total. The molecule has 1 aliphatic heterocycles. The number of aliphatic imine (C=N–C) groups is 1. The Morgan fingerprint density at radius 1 is 0.296 bits per heavy atom. The van der Waals surface area contributed by atoms with E-state index in [1.807, 2.05) is 0 Å². The highest BCUT2D eigenvalue weighted by atomic mass is 35.5. The molecule has 4 aromatic carbocycles. The lowest BCUT2D eigenvalue weighted by Crippen LogP contribution is -2.50. The number of thiocarbonyl (C=S) groups is 4. The molecule has 11 rings (SSSR count). The van der Waals surface area contributed by atoms with Crippen molar-refractivity contribution < 1.29 is 110 Å². The number of rotatable bonds is 7. The zero-order valence-corrected chi connectivity index (χ0v) is 73.2. The third-order valence-corrected chi connectivity index (χ3v) is 21.2.